The van der Waals surface area contributed by atoms with Crippen LogP contribution in [0.15, 0.2) is 52.7 Å². The van der Waals surface area contributed by atoms with Crippen molar-refractivity contribution in [3.63, 3.8) is 0 Å². The monoisotopic (exact) mass is 486 g/mol. The molecule has 3 aromatic rings. The number of nitrogens with one attached hydrogen (secondary N) is 2. The fourth-order valence-corrected chi connectivity index (χ4v) is 4.38. The Labute approximate surface area is 198 Å². The van der Waals surface area contributed by atoms with Crippen molar-refractivity contribution in [3.05, 3.63) is 59.1 Å². The van der Waals surface area contributed by atoms with Gasteiger partial charge in [-0.2, -0.15) is 0 Å². The Hall–Kier alpha value is -3.57. The highest BCUT2D eigenvalue weighted by atomic mass is 32.2. The maximum Gasteiger partial charge on any atom is 0.258 e. The lowest BCUT2D eigenvalue weighted by atomic mass is 10.2. The molecular weight excluding hydrogens is 464 g/mol. The highest BCUT2D eigenvalue weighted by Gasteiger charge is 2.15. The number of rotatable bonds is 10. The number of carbonyl (C=O) groups excluding carboxylic acids is 3. The third-order valence-electron chi connectivity index (χ3n) is 4.29. The van der Waals surface area contributed by atoms with Gasteiger partial charge in [-0.25, -0.2) is 4.98 Å². The molecule has 0 aliphatic heterocycles. The van der Waals surface area contributed by atoms with Crippen LogP contribution in [0.4, 0.5) is 10.8 Å². The minimum absolute atomic E-state index is 0.00793. The summed E-state index contributed by atoms with van der Waals surface area (Å²) in [4.78, 5) is 41.1. The number of methoxy groups -OCH3 is 2. The zero-order chi connectivity index (χ0) is 23.8. The molecule has 0 unspecified atom stereocenters. The number of hydrogen-bond acceptors (Lipinski definition) is 8. The van der Waals surface area contributed by atoms with Crippen molar-refractivity contribution in [3.8, 4) is 11.5 Å². The second-order valence-electron chi connectivity index (χ2n) is 6.64. The molecule has 3 rings (SSSR count). The molecule has 0 aliphatic rings. The van der Waals surface area contributed by atoms with E-state index in [1.54, 1.807) is 47.8 Å². The number of nitrogens with zero attached hydrogens (tertiary/aromatic N) is 1. The largest absolute Gasteiger partial charge is 0.493 e. The first-order chi connectivity index (χ1) is 15.9. The summed E-state index contributed by atoms with van der Waals surface area (Å²) in [7, 11) is 3.06. The molecule has 0 fully saturated rings. The molecule has 0 saturated heterocycles. The van der Waals surface area contributed by atoms with Gasteiger partial charge in [0.05, 0.1) is 37.7 Å². The first-order valence-electron chi connectivity index (χ1n) is 9.67. The average Bonchev–Trinajstić information content (AvgIpc) is 3.23. The number of carbonyl (C=O) groups is 3. The molecule has 11 heteroatoms. The van der Waals surface area contributed by atoms with Crippen molar-refractivity contribution in [1.29, 1.82) is 0 Å². The molecule has 2 aromatic carbocycles. The topological polar surface area (TPSA) is 133 Å². The predicted molar refractivity (Wildman–Crippen MR) is 128 cm³/mol. The maximum absolute atomic E-state index is 12.8. The zero-order valence-electron chi connectivity index (χ0n) is 17.9. The van der Waals surface area contributed by atoms with E-state index in [2.05, 4.69) is 15.6 Å². The van der Waals surface area contributed by atoms with Gasteiger partial charge in [0, 0.05) is 22.0 Å². The molecule has 0 saturated carbocycles. The number of hydrogen-bond donors (Lipinski definition) is 3. The number of anilines is 2. The summed E-state index contributed by atoms with van der Waals surface area (Å²) in [6.45, 7) is 0. The summed E-state index contributed by atoms with van der Waals surface area (Å²) in [5.41, 5.74) is 6.65. The Morgan fingerprint density at radius 3 is 2.55 bits per heavy atom. The molecule has 0 atom stereocenters. The number of benzene rings is 2. The molecule has 0 bridgehead atoms. The smallest absolute Gasteiger partial charge is 0.258 e. The molecule has 0 spiro atoms. The van der Waals surface area contributed by atoms with E-state index in [0.717, 1.165) is 0 Å². The van der Waals surface area contributed by atoms with Crippen molar-refractivity contribution in [1.82, 2.24) is 4.98 Å². The van der Waals surface area contributed by atoms with Gasteiger partial charge < -0.3 is 20.5 Å². The van der Waals surface area contributed by atoms with Crippen LogP contribution < -0.4 is 25.8 Å². The first kappa shape index (κ1) is 24.1. The molecule has 3 amide bonds. The predicted octanol–water partition coefficient (Wildman–Crippen LogP) is 3.17. The lowest BCUT2D eigenvalue weighted by Gasteiger charge is -2.11. The highest BCUT2D eigenvalue weighted by Crippen LogP contribution is 2.30. The number of primary amides is 1. The summed E-state index contributed by atoms with van der Waals surface area (Å²) in [5.74, 6) is 0.0691. The van der Waals surface area contributed by atoms with Crippen LogP contribution in [0.1, 0.15) is 16.1 Å². The zero-order valence-corrected chi connectivity index (χ0v) is 19.5. The van der Waals surface area contributed by atoms with Crippen molar-refractivity contribution in [2.45, 2.75) is 11.3 Å². The van der Waals surface area contributed by atoms with Crippen LogP contribution in [0.5, 0.6) is 11.5 Å². The Morgan fingerprint density at radius 1 is 1.06 bits per heavy atom. The average molecular weight is 487 g/mol. The standard InChI is InChI=1S/C22H22N4O5S2/c1-30-16-8-7-13(9-17(16)31-2)24-20(28)12-32-18-6-4-3-5-15(18)21(29)26-22-25-14(11-33-22)10-19(23)27/h3-9,11H,10,12H2,1-2H3,(H2,23,27)(H,24,28)(H,25,26,29). The summed E-state index contributed by atoms with van der Waals surface area (Å²) < 4.78 is 10.4. The number of nitrogens with two attached hydrogens (primary N) is 1. The number of ether oxygens (including phenoxy) is 2. The minimum Gasteiger partial charge on any atom is -0.493 e. The fraction of sp³-hybridized carbons (Fsp3) is 0.182. The van der Waals surface area contributed by atoms with Gasteiger partial charge in [-0.05, 0) is 24.3 Å². The molecule has 33 heavy (non-hydrogen) atoms. The van der Waals surface area contributed by atoms with Crippen molar-refractivity contribution in [2.24, 2.45) is 5.73 Å². The van der Waals surface area contributed by atoms with E-state index in [9.17, 15) is 14.4 Å². The second-order valence-corrected chi connectivity index (χ2v) is 8.52. The lowest BCUT2D eigenvalue weighted by Crippen LogP contribution is -2.16. The summed E-state index contributed by atoms with van der Waals surface area (Å²) in [5, 5.41) is 7.55. The van der Waals surface area contributed by atoms with Crippen LogP contribution in [-0.4, -0.2) is 42.7 Å². The normalized spacial score (nSPS) is 10.4. The third-order valence-corrected chi connectivity index (χ3v) is 6.17. The number of thiazole rings is 1. The van der Waals surface area contributed by atoms with Crippen molar-refractivity contribution >= 4 is 51.6 Å². The number of thioether (sulfide) groups is 1. The van der Waals surface area contributed by atoms with E-state index in [0.29, 0.717) is 38.5 Å². The summed E-state index contributed by atoms with van der Waals surface area (Å²) in [6.07, 6.45) is 0.00793. The maximum atomic E-state index is 12.8. The SMILES string of the molecule is COc1ccc(NC(=O)CSc2ccccc2C(=O)Nc2nc(CC(N)=O)cs2)cc1OC. The number of aromatic nitrogens is 1. The van der Waals surface area contributed by atoms with Gasteiger partial charge in [-0.1, -0.05) is 12.1 Å². The molecular formula is C22H22N4O5S2. The molecule has 172 valence electrons. The highest BCUT2D eigenvalue weighted by molar-refractivity contribution is 8.00. The van der Waals surface area contributed by atoms with Crippen molar-refractivity contribution in [2.75, 3.05) is 30.6 Å². The number of amides is 3. The molecule has 1 heterocycles. The van der Waals surface area contributed by atoms with Crippen LogP contribution >= 0.6 is 23.1 Å². The van der Waals surface area contributed by atoms with Gasteiger partial charge in [0.2, 0.25) is 11.8 Å². The molecule has 4 N–H and O–H groups in total. The molecule has 0 aliphatic carbocycles. The van der Waals surface area contributed by atoms with Gasteiger partial charge in [-0.3, -0.25) is 19.7 Å². The van der Waals surface area contributed by atoms with Gasteiger partial charge >= 0.3 is 0 Å². The fourth-order valence-electron chi connectivity index (χ4n) is 2.82. The second kappa shape index (κ2) is 11.3. The Balaban J connectivity index is 1.62. The van der Waals surface area contributed by atoms with Crippen LogP contribution in [0, 0.1) is 0 Å². The van der Waals surface area contributed by atoms with Gasteiger partial charge in [0.15, 0.2) is 16.6 Å². The van der Waals surface area contributed by atoms with Gasteiger partial charge in [0.25, 0.3) is 5.91 Å². The van der Waals surface area contributed by atoms with E-state index in [1.165, 1.54) is 37.3 Å². The van der Waals surface area contributed by atoms with E-state index in [1.807, 2.05) is 0 Å². The molecule has 9 nitrogen and oxygen atoms in total. The first-order valence-corrected chi connectivity index (χ1v) is 11.5. The third kappa shape index (κ3) is 6.70. The van der Waals surface area contributed by atoms with E-state index < -0.39 is 5.91 Å². The van der Waals surface area contributed by atoms with Crippen molar-refractivity contribution < 1.29 is 23.9 Å². The van der Waals surface area contributed by atoms with E-state index in [-0.39, 0.29) is 24.0 Å². The van der Waals surface area contributed by atoms with Gasteiger partial charge in [-0.15, -0.1) is 23.1 Å². The van der Waals surface area contributed by atoms with Crippen LogP contribution in [0.25, 0.3) is 0 Å². The molecule has 1 aromatic heterocycles. The van der Waals surface area contributed by atoms with E-state index >= 15 is 0 Å². The Morgan fingerprint density at radius 2 is 1.82 bits per heavy atom. The summed E-state index contributed by atoms with van der Waals surface area (Å²) in [6, 6.07) is 12.1. The molecule has 0 radical (unpaired) electrons. The Kier molecular flexibility index (Phi) is 8.28. The lowest BCUT2D eigenvalue weighted by molar-refractivity contribution is -0.117. The minimum atomic E-state index is -0.494. The van der Waals surface area contributed by atoms with Crippen LogP contribution in [-0.2, 0) is 16.0 Å². The van der Waals surface area contributed by atoms with Gasteiger partial charge in [0.1, 0.15) is 0 Å². The Bertz CT molecular complexity index is 1170. The quantitative estimate of drug-likeness (QED) is 0.375. The van der Waals surface area contributed by atoms with E-state index in [4.69, 9.17) is 15.2 Å². The summed E-state index contributed by atoms with van der Waals surface area (Å²) >= 11 is 2.44. The van der Waals surface area contributed by atoms with Crippen LogP contribution in [0.2, 0.25) is 0 Å². The van der Waals surface area contributed by atoms with Crippen LogP contribution in [0.3, 0.4) is 0 Å².